The third-order valence-electron chi connectivity index (χ3n) is 5.84. The first kappa shape index (κ1) is 19.3. The molecule has 0 spiro atoms. The lowest BCUT2D eigenvalue weighted by molar-refractivity contribution is -0.132. The molecule has 0 N–H and O–H groups in total. The minimum atomic E-state index is 0.107. The summed E-state index contributed by atoms with van der Waals surface area (Å²) in [7, 11) is 0. The SMILES string of the molecule is CC#CCn1c(C2CCCN2C(=O)CCC)c(-c2ccccc2)c2ccccc21. The van der Waals surface area contributed by atoms with Crippen LogP contribution in [0.4, 0.5) is 0 Å². The number of carbonyl (C=O) groups is 1. The van der Waals surface area contributed by atoms with Crippen molar-refractivity contribution in [2.24, 2.45) is 0 Å². The Kier molecular flexibility index (Phi) is 5.71. The first-order valence-electron chi connectivity index (χ1n) is 10.6. The first-order valence-corrected chi connectivity index (χ1v) is 10.6. The van der Waals surface area contributed by atoms with E-state index in [2.05, 4.69) is 82.8 Å². The van der Waals surface area contributed by atoms with E-state index in [1.807, 2.05) is 6.92 Å². The summed E-state index contributed by atoms with van der Waals surface area (Å²) >= 11 is 0. The second kappa shape index (κ2) is 8.57. The third kappa shape index (κ3) is 3.56. The van der Waals surface area contributed by atoms with Crippen molar-refractivity contribution in [1.29, 1.82) is 0 Å². The summed E-state index contributed by atoms with van der Waals surface area (Å²) in [5.41, 5.74) is 4.89. The van der Waals surface area contributed by atoms with Gasteiger partial charge in [-0.1, -0.05) is 61.4 Å². The fourth-order valence-electron chi connectivity index (χ4n) is 4.61. The zero-order valence-corrected chi connectivity index (χ0v) is 17.3. The van der Waals surface area contributed by atoms with Crippen LogP contribution < -0.4 is 0 Å². The van der Waals surface area contributed by atoms with Crippen LogP contribution in [0.5, 0.6) is 0 Å². The molecule has 1 aliphatic heterocycles. The standard InChI is InChI=1S/C26H28N2O/c1-3-5-18-28-22-16-10-9-15-21(22)25(20-13-7-6-8-14-20)26(28)23-17-11-19-27(23)24(29)12-4-2/h6-10,13-16,23H,4,11-12,17-19H2,1-2H3. The van der Waals surface area contributed by atoms with E-state index in [0.29, 0.717) is 13.0 Å². The molecule has 0 saturated carbocycles. The van der Waals surface area contributed by atoms with E-state index >= 15 is 0 Å². The van der Waals surface area contributed by atoms with Crippen LogP contribution in [0.3, 0.4) is 0 Å². The van der Waals surface area contributed by atoms with Crippen molar-refractivity contribution in [1.82, 2.24) is 9.47 Å². The zero-order valence-electron chi connectivity index (χ0n) is 17.3. The second-order valence-electron chi connectivity index (χ2n) is 7.65. The van der Waals surface area contributed by atoms with E-state index in [0.717, 1.165) is 25.8 Å². The van der Waals surface area contributed by atoms with Gasteiger partial charge in [0, 0.05) is 29.4 Å². The van der Waals surface area contributed by atoms with Crippen LogP contribution >= 0.6 is 0 Å². The molecule has 2 heterocycles. The molecular weight excluding hydrogens is 356 g/mol. The van der Waals surface area contributed by atoms with Gasteiger partial charge in [-0.05, 0) is 37.8 Å². The number of fused-ring (bicyclic) bond motifs is 1. The van der Waals surface area contributed by atoms with Gasteiger partial charge in [-0.25, -0.2) is 0 Å². The highest BCUT2D eigenvalue weighted by Gasteiger charge is 2.34. The van der Waals surface area contributed by atoms with Gasteiger partial charge in [0.05, 0.1) is 18.3 Å². The number of nitrogens with zero attached hydrogens (tertiary/aromatic N) is 2. The molecule has 2 aromatic carbocycles. The minimum absolute atomic E-state index is 0.107. The first-order chi connectivity index (χ1) is 14.3. The Balaban J connectivity index is 1.97. The molecule has 1 unspecified atom stereocenters. The maximum absolute atomic E-state index is 12.9. The number of para-hydroxylation sites is 1. The summed E-state index contributed by atoms with van der Waals surface area (Å²) in [5.74, 6) is 6.59. The number of hydrogen-bond acceptors (Lipinski definition) is 1. The quantitative estimate of drug-likeness (QED) is 0.511. The Labute approximate surface area is 173 Å². The van der Waals surface area contributed by atoms with Crippen LogP contribution in [0.25, 0.3) is 22.0 Å². The summed E-state index contributed by atoms with van der Waals surface area (Å²) in [4.78, 5) is 15.0. The molecular formula is C26H28N2O. The van der Waals surface area contributed by atoms with Crippen LogP contribution in [0.15, 0.2) is 54.6 Å². The van der Waals surface area contributed by atoms with E-state index in [-0.39, 0.29) is 11.9 Å². The summed E-state index contributed by atoms with van der Waals surface area (Å²) < 4.78 is 2.34. The molecule has 3 nitrogen and oxygen atoms in total. The molecule has 1 atom stereocenters. The Morgan fingerprint density at radius 1 is 1.10 bits per heavy atom. The Hall–Kier alpha value is -2.99. The van der Waals surface area contributed by atoms with Crippen molar-refractivity contribution in [2.45, 2.75) is 52.1 Å². The summed E-state index contributed by atoms with van der Waals surface area (Å²) in [6, 6.07) is 19.3. The highest BCUT2D eigenvalue weighted by atomic mass is 16.2. The molecule has 29 heavy (non-hydrogen) atoms. The lowest BCUT2D eigenvalue weighted by Gasteiger charge is -2.27. The second-order valence-corrected chi connectivity index (χ2v) is 7.65. The number of hydrogen-bond donors (Lipinski definition) is 0. The topological polar surface area (TPSA) is 25.2 Å². The minimum Gasteiger partial charge on any atom is -0.334 e. The molecule has 148 valence electrons. The number of carbonyl (C=O) groups excluding carboxylic acids is 1. The summed E-state index contributed by atoms with van der Waals surface area (Å²) in [5, 5.41) is 1.24. The molecule has 3 aromatic rings. The van der Waals surface area contributed by atoms with Crippen molar-refractivity contribution in [2.75, 3.05) is 6.54 Å². The van der Waals surface area contributed by atoms with Gasteiger partial charge in [0.15, 0.2) is 0 Å². The van der Waals surface area contributed by atoms with E-state index in [1.54, 1.807) is 0 Å². The normalized spacial score (nSPS) is 16.1. The monoisotopic (exact) mass is 384 g/mol. The Morgan fingerprint density at radius 3 is 2.62 bits per heavy atom. The molecule has 1 fully saturated rings. The maximum Gasteiger partial charge on any atom is 0.223 e. The highest BCUT2D eigenvalue weighted by Crippen LogP contribution is 2.43. The zero-order chi connectivity index (χ0) is 20.2. The molecule has 0 bridgehead atoms. The Morgan fingerprint density at radius 2 is 1.86 bits per heavy atom. The van der Waals surface area contributed by atoms with Crippen LogP contribution in [0, 0.1) is 11.8 Å². The molecule has 3 heteroatoms. The average Bonchev–Trinajstić information content (AvgIpc) is 3.35. The molecule has 1 amide bonds. The molecule has 0 aliphatic carbocycles. The molecule has 4 rings (SSSR count). The van der Waals surface area contributed by atoms with E-state index in [4.69, 9.17) is 0 Å². The van der Waals surface area contributed by atoms with E-state index in [9.17, 15) is 4.79 Å². The predicted octanol–water partition coefficient (Wildman–Crippen LogP) is 5.80. The van der Waals surface area contributed by atoms with Gasteiger partial charge in [0.25, 0.3) is 0 Å². The predicted molar refractivity (Wildman–Crippen MR) is 119 cm³/mol. The van der Waals surface area contributed by atoms with Crippen molar-refractivity contribution in [3.8, 4) is 23.0 Å². The van der Waals surface area contributed by atoms with Gasteiger partial charge in [0.1, 0.15) is 0 Å². The fourth-order valence-corrected chi connectivity index (χ4v) is 4.61. The van der Waals surface area contributed by atoms with Crippen molar-refractivity contribution in [3.63, 3.8) is 0 Å². The number of rotatable bonds is 5. The third-order valence-corrected chi connectivity index (χ3v) is 5.84. The Bertz CT molecular complexity index is 1070. The molecule has 0 radical (unpaired) electrons. The van der Waals surface area contributed by atoms with Crippen molar-refractivity contribution < 1.29 is 4.79 Å². The maximum atomic E-state index is 12.9. The molecule has 1 aliphatic rings. The van der Waals surface area contributed by atoms with Gasteiger partial charge < -0.3 is 9.47 Å². The number of aromatic nitrogens is 1. The highest BCUT2D eigenvalue weighted by molar-refractivity contribution is 5.98. The molecule has 1 aromatic heterocycles. The number of benzene rings is 2. The van der Waals surface area contributed by atoms with Gasteiger partial charge in [-0.2, -0.15) is 0 Å². The largest absolute Gasteiger partial charge is 0.334 e. The van der Waals surface area contributed by atoms with Crippen LogP contribution in [-0.4, -0.2) is 21.9 Å². The van der Waals surface area contributed by atoms with Gasteiger partial charge in [-0.3, -0.25) is 4.79 Å². The van der Waals surface area contributed by atoms with Gasteiger partial charge in [-0.15, -0.1) is 5.92 Å². The summed E-state index contributed by atoms with van der Waals surface area (Å²) in [6.07, 6.45) is 3.56. The van der Waals surface area contributed by atoms with E-state index < -0.39 is 0 Å². The van der Waals surface area contributed by atoms with Crippen LogP contribution in [0.1, 0.15) is 51.3 Å². The average molecular weight is 385 g/mol. The van der Waals surface area contributed by atoms with Gasteiger partial charge in [0.2, 0.25) is 5.91 Å². The van der Waals surface area contributed by atoms with Crippen LogP contribution in [-0.2, 0) is 11.3 Å². The van der Waals surface area contributed by atoms with E-state index in [1.165, 1.54) is 27.7 Å². The fraction of sp³-hybridized carbons (Fsp3) is 0.346. The van der Waals surface area contributed by atoms with Crippen molar-refractivity contribution >= 4 is 16.8 Å². The van der Waals surface area contributed by atoms with Crippen molar-refractivity contribution in [3.05, 3.63) is 60.3 Å². The smallest absolute Gasteiger partial charge is 0.223 e. The molecule has 1 saturated heterocycles. The number of likely N-dealkylation sites (tertiary alicyclic amines) is 1. The number of amides is 1. The summed E-state index contributed by atoms with van der Waals surface area (Å²) in [6.45, 7) is 5.45. The van der Waals surface area contributed by atoms with Gasteiger partial charge >= 0.3 is 0 Å². The van der Waals surface area contributed by atoms with Crippen LogP contribution in [0.2, 0.25) is 0 Å². The lowest BCUT2D eigenvalue weighted by Crippen LogP contribution is -2.31. The lowest BCUT2D eigenvalue weighted by atomic mass is 9.97.